The second kappa shape index (κ2) is 13.4. The summed E-state index contributed by atoms with van der Waals surface area (Å²) in [5.41, 5.74) is 3.86. The maximum absolute atomic E-state index is 13.4. The molecule has 2 aliphatic heterocycles. The van der Waals surface area contributed by atoms with Crippen LogP contribution >= 0.6 is 15.9 Å². The van der Waals surface area contributed by atoms with E-state index in [4.69, 9.17) is 0 Å². The Morgan fingerprint density at radius 1 is 1.17 bits per heavy atom. The van der Waals surface area contributed by atoms with Crippen LogP contribution in [0.5, 0.6) is 0 Å². The molecule has 2 aliphatic carbocycles. The zero-order valence-electron chi connectivity index (χ0n) is 20.5. The first-order chi connectivity index (χ1) is 17.0. The number of nitrogens with one attached hydrogen (secondary N) is 1. The first-order valence-electron chi connectivity index (χ1n) is 12.3. The van der Waals surface area contributed by atoms with Gasteiger partial charge in [-0.1, -0.05) is 71.8 Å². The van der Waals surface area contributed by atoms with Gasteiger partial charge in [-0.15, -0.1) is 0 Å². The molecule has 1 atom stereocenters. The number of hydrogen-bond acceptors (Lipinski definition) is 3. The molecule has 8 heteroatoms. The van der Waals surface area contributed by atoms with E-state index >= 15 is 0 Å². The third-order valence-corrected chi connectivity index (χ3v) is 6.81. The van der Waals surface area contributed by atoms with E-state index in [2.05, 4.69) is 44.6 Å². The van der Waals surface area contributed by atoms with Gasteiger partial charge in [-0.05, 0) is 49.0 Å². The predicted octanol–water partition coefficient (Wildman–Crippen LogP) is 5.72. The molecule has 0 bridgehead atoms. The van der Waals surface area contributed by atoms with E-state index in [9.17, 15) is 14.0 Å². The predicted molar refractivity (Wildman–Crippen MR) is 143 cm³/mol. The van der Waals surface area contributed by atoms with Crippen LogP contribution in [0.1, 0.15) is 46.0 Å². The molecule has 6 nitrogen and oxygen atoms in total. The average Bonchev–Trinajstić information content (AvgIpc) is 3.41. The van der Waals surface area contributed by atoms with Gasteiger partial charge < -0.3 is 10.2 Å². The second-order valence-electron chi connectivity index (χ2n) is 8.37. The number of nitrogens with zero attached hydrogens (tertiary/aromatic N) is 3. The lowest BCUT2D eigenvalue weighted by atomic mass is 9.98. The molecule has 3 amide bonds. The summed E-state index contributed by atoms with van der Waals surface area (Å²) in [7, 11) is 0. The summed E-state index contributed by atoms with van der Waals surface area (Å²) in [5.74, 6) is -0.173. The van der Waals surface area contributed by atoms with Gasteiger partial charge in [-0.2, -0.15) is 5.10 Å². The van der Waals surface area contributed by atoms with Crippen molar-refractivity contribution in [1.82, 2.24) is 15.2 Å². The van der Waals surface area contributed by atoms with E-state index in [0.29, 0.717) is 25.9 Å². The van der Waals surface area contributed by atoms with Crippen LogP contribution in [-0.2, 0) is 4.79 Å². The van der Waals surface area contributed by atoms with E-state index in [0.717, 1.165) is 41.5 Å². The number of urea groups is 1. The molecule has 2 heterocycles. The minimum absolute atomic E-state index is 0.107. The lowest BCUT2D eigenvalue weighted by molar-refractivity contribution is -0.128. The van der Waals surface area contributed by atoms with Crippen molar-refractivity contribution >= 4 is 33.6 Å². The van der Waals surface area contributed by atoms with Gasteiger partial charge >= 0.3 is 6.03 Å². The summed E-state index contributed by atoms with van der Waals surface area (Å²) in [6, 6.07) is -0.582. The molecule has 0 aromatic heterocycles. The molecule has 4 aliphatic rings. The van der Waals surface area contributed by atoms with E-state index < -0.39 is 0 Å². The molecule has 1 N–H and O–H groups in total. The maximum Gasteiger partial charge on any atom is 0.338 e. The Labute approximate surface area is 215 Å². The number of halogens is 2. The molecule has 0 spiro atoms. The third-order valence-electron chi connectivity index (χ3n) is 6.09. The van der Waals surface area contributed by atoms with Crippen molar-refractivity contribution in [3.8, 4) is 0 Å². The van der Waals surface area contributed by atoms with E-state index in [1.54, 1.807) is 6.08 Å². The summed E-state index contributed by atoms with van der Waals surface area (Å²) in [6.45, 7) is 5.29. The van der Waals surface area contributed by atoms with Crippen LogP contribution in [0.15, 0.2) is 76.3 Å². The van der Waals surface area contributed by atoms with Crippen molar-refractivity contribution in [2.45, 2.75) is 52.0 Å². The van der Waals surface area contributed by atoms with Crippen molar-refractivity contribution in [3.05, 3.63) is 71.2 Å². The number of likely N-dealkylation sites (tertiary alicyclic amines) is 1. The van der Waals surface area contributed by atoms with Gasteiger partial charge in [0.1, 0.15) is 5.83 Å². The van der Waals surface area contributed by atoms with Gasteiger partial charge in [0.15, 0.2) is 0 Å². The number of carbonyl (C=O) groups is 2. The highest BCUT2D eigenvalue weighted by Gasteiger charge is 2.39. The Kier molecular flexibility index (Phi) is 10.3. The first-order valence-corrected chi connectivity index (χ1v) is 13.4. The Bertz CT molecular complexity index is 1020. The zero-order valence-corrected chi connectivity index (χ0v) is 22.1. The van der Waals surface area contributed by atoms with E-state index in [1.165, 1.54) is 22.7 Å². The number of hydrogen-bond donors (Lipinski definition) is 1. The average molecular weight is 545 g/mol. The second-order valence-corrected chi connectivity index (χ2v) is 8.93. The van der Waals surface area contributed by atoms with Gasteiger partial charge in [-0.25, -0.2) is 14.2 Å². The molecular weight excluding hydrogens is 511 g/mol. The molecule has 0 aromatic rings. The van der Waals surface area contributed by atoms with Crippen LogP contribution < -0.4 is 5.32 Å². The molecule has 4 rings (SSSR count). The molecule has 35 heavy (non-hydrogen) atoms. The maximum atomic E-state index is 13.4. The van der Waals surface area contributed by atoms with Gasteiger partial charge in [0.2, 0.25) is 5.91 Å². The van der Waals surface area contributed by atoms with Gasteiger partial charge in [0.05, 0.1) is 18.3 Å². The van der Waals surface area contributed by atoms with E-state index in [1.807, 2.05) is 30.9 Å². The minimum Gasteiger partial charge on any atom is -0.332 e. The van der Waals surface area contributed by atoms with Crippen LogP contribution in [0.4, 0.5) is 9.18 Å². The standard InChI is InChI=1S/C25H28BrFN4O2.C2H6/c26-15-18-5-1-8-20(9-2-6-18)24-22(30-14-4-11-23(30)32)17-31(29-24)25(33)28-16-19-7-3-10-21(27)13-12-19;1-2/h1,6-10,12-13,22H,2-5,11,14-17H2,(H,28,33);1-2H3/b8-1?,18-6+,20-9+;. The molecule has 1 unspecified atom stereocenters. The number of allylic oxidation sites excluding steroid dienone is 9. The monoisotopic (exact) mass is 544 g/mol. The topological polar surface area (TPSA) is 65.0 Å². The van der Waals surface area contributed by atoms with Crippen LogP contribution in [0.2, 0.25) is 0 Å². The smallest absolute Gasteiger partial charge is 0.332 e. The van der Waals surface area contributed by atoms with Crippen LogP contribution in [0, 0.1) is 0 Å². The fourth-order valence-electron chi connectivity index (χ4n) is 4.30. The van der Waals surface area contributed by atoms with E-state index in [-0.39, 0.29) is 30.4 Å². The molecule has 0 radical (unpaired) electrons. The van der Waals surface area contributed by atoms with Gasteiger partial charge in [0, 0.05) is 24.8 Å². The summed E-state index contributed by atoms with van der Waals surface area (Å²) < 4.78 is 13.4. The Hall–Kier alpha value is -2.74. The highest BCUT2D eigenvalue weighted by atomic mass is 79.9. The van der Waals surface area contributed by atoms with Gasteiger partial charge in [0.25, 0.3) is 0 Å². The van der Waals surface area contributed by atoms with Crippen LogP contribution in [0.25, 0.3) is 0 Å². The lowest BCUT2D eigenvalue weighted by Gasteiger charge is -2.25. The minimum atomic E-state index is -0.328. The largest absolute Gasteiger partial charge is 0.338 e. The molecule has 1 fully saturated rings. The van der Waals surface area contributed by atoms with Crippen LogP contribution in [0.3, 0.4) is 0 Å². The zero-order chi connectivity index (χ0) is 25.2. The van der Waals surface area contributed by atoms with Crippen molar-refractivity contribution in [3.63, 3.8) is 0 Å². The SMILES string of the molecule is CC.O=C(NCC1=CCC=C(F)C=C1)N1CC(N2CCCC2=O)C(/C2=C/C/C=C(/CBr)CC=C2)=N1. The number of carbonyl (C=O) groups excluding carboxylic acids is 2. The Morgan fingerprint density at radius 2 is 1.97 bits per heavy atom. The highest BCUT2D eigenvalue weighted by molar-refractivity contribution is 9.09. The molecular formula is C27H34BrFN4O2. The lowest BCUT2D eigenvalue weighted by Crippen LogP contribution is -2.46. The van der Waals surface area contributed by atoms with Crippen molar-refractivity contribution < 1.29 is 14.0 Å². The number of rotatable bonds is 5. The number of hydrazone groups is 1. The molecule has 188 valence electrons. The Balaban J connectivity index is 0.00000167. The van der Waals surface area contributed by atoms with Crippen molar-refractivity contribution in [1.29, 1.82) is 0 Å². The fourth-order valence-corrected chi connectivity index (χ4v) is 4.75. The van der Waals surface area contributed by atoms with Gasteiger partial charge in [-0.3, -0.25) is 4.79 Å². The molecule has 0 saturated carbocycles. The summed E-state index contributed by atoms with van der Waals surface area (Å²) in [4.78, 5) is 27.3. The van der Waals surface area contributed by atoms with Crippen molar-refractivity contribution in [2.75, 3.05) is 25.0 Å². The number of alkyl halides is 1. The Morgan fingerprint density at radius 3 is 2.71 bits per heavy atom. The first kappa shape index (κ1) is 26.9. The van der Waals surface area contributed by atoms with Crippen molar-refractivity contribution in [2.24, 2.45) is 5.10 Å². The third kappa shape index (κ3) is 7.13. The highest BCUT2D eigenvalue weighted by Crippen LogP contribution is 2.25. The fraction of sp³-hybridized carbons (Fsp3) is 0.444. The molecule has 0 aromatic carbocycles. The normalized spacial score (nSPS) is 25.1. The van der Waals surface area contributed by atoms with Crippen LogP contribution in [-0.4, -0.2) is 58.6 Å². The summed E-state index contributed by atoms with van der Waals surface area (Å²) in [6.07, 6.45) is 18.4. The quantitative estimate of drug-likeness (QED) is 0.355. The molecule has 1 saturated heterocycles. The number of amides is 3. The summed E-state index contributed by atoms with van der Waals surface area (Å²) in [5, 5.41) is 9.80. The summed E-state index contributed by atoms with van der Waals surface area (Å²) >= 11 is 3.52.